The lowest BCUT2D eigenvalue weighted by Gasteiger charge is -2.18. The molecule has 0 aromatic heterocycles. The van der Waals surface area contributed by atoms with Gasteiger partial charge >= 0.3 is 0 Å². The van der Waals surface area contributed by atoms with Crippen molar-refractivity contribution in [2.45, 2.75) is 30.1 Å². The quantitative estimate of drug-likeness (QED) is 0.539. The van der Waals surface area contributed by atoms with Crippen molar-refractivity contribution in [1.29, 1.82) is 0 Å². The summed E-state index contributed by atoms with van der Waals surface area (Å²) >= 11 is 0. The van der Waals surface area contributed by atoms with Gasteiger partial charge in [0.15, 0.2) is 0 Å². The van der Waals surface area contributed by atoms with E-state index in [9.17, 15) is 16.8 Å². The van der Waals surface area contributed by atoms with Gasteiger partial charge in [-0.3, -0.25) is 0 Å². The summed E-state index contributed by atoms with van der Waals surface area (Å²) in [5, 5.41) is 0. The van der Waals surface area contributed by atoms with E-state index in [-0.39, 0.29) is 9.79 Å². The molecule has 9 heteroatoms. The Bertz CT molecular complexity index is 710. The highest BCUT2D eigenvalue weighted by Crippen LogP contribution is 2.18. The number of quaternary nitrogens is 1. The Morgan fingerprint density at radius 3 is 1.92 bits per heavy atom. The SMILES string of the molecule is CCN(CC)S(=O)(=O)c1ccc(S(=O)(=O)NCCC[NH+](C)C)cc1. The monoisotopic (exact) mass is 378 g/mol. The summed E-state index contributed by atoms with van der Waals surface area (Å²) in [5.74, 6) is 0. The van der Waals surface area contributed by atoms with Crippen LogP contribution in [0.2, 0.25) is 0 Å². The van der Waals surface area contributed by atoms with E-state index in [1.807, 2.05) is 14.1 Å². The van der Waals surface area contributed by atoms with Crippen LogP contribution in [-0.2, 0) is 20.0 Å². The standard InChI is InChI=1S/C15H27N3O4S2/c1-5-18(6-2)24(21,22)15-10-8-14(9-11-15)23(19,20)16-12-7-13-17(3)4/h8-11,16H,5-7,12-13H2,1-4H3/p+1. The molecule has 0 aliphatic rings. The van der Waals surface area contributed by atoms with Crippen LogP contribution in [0.15, 0.2) is 34.1 Å². The van der Waals surface area contributed by atoms with E-state index in [0.29, 0.717) is 19.6 Å². The zero-order valence-corrected chi connectivity index (χ0v) is 16.4. The van der Waals surface area contributed by atoms with E-state index in [4.69, 9.17) is 0 Å². The molecule has 138 valence electrons. The molecule has 1 aromatic rings. The van der Waals surface area contributed by atoms with Crippen LogP contribution in [0.4, 0.5) is 0 Å². The zero-order chi connectivity index (χ0) is 18.4. The predicted octanol–water partition coefficient (Wildman–Crippen LogP) is -0.470. The van der Waals surface area contributed by atoms with E-state index < -0.39 is 20.0 Å². The van der Waals surface area contributed by atoms with Gasteiger partial charge in [0, 0.05) is 26.1 Å². The number of hydrogen-bond acceptors (Lipinski definition) is 4. The number of nitrogens with zero attached hydrogens (tertiary/aromatic N) is 1. The van der Waals surface area contributed by atoms with Crippen molar-refractivity contribution in [3.05, 3.63) is 24.3 Å². The maximum absolute atomic E-state index is 12.4. The second kappa shape index (κ2) is 8.91. The first-order valence-corrected chi connectivity index (χ1v) is 11.0. The topological polar surface area (TPSA) is 88.0 Å². The maximum atomic E-state index is 12.4. The highest BCUT2D eigenvalue weighted by atomic mass is 32.2. The Hall–Kier alpha value is -1.00. The highest BCUT2D eigenvalue weighted by Gasteiger charge is 2.22. The Kier molecular flexibility index (Phi) is 7.81. The molecule has 0 unspecified atom stereocenters. The third-order valence-electron chi connectivity index (χ3n) is 3.62. The summed E-state index contributed by atoms with van der Waals surface area (Å²) < 4.78 is 53.1. The van der Waals surface area contributed by atoms with Crippen molar-refractivity contribution in [2.75, 3.05) is 40.3 Å². The molecule has 0 aliphatic heterocycles. The molecule has 0 bridgehead atoms. The predicted molar refractivity (Wildman–Crippen MR) is 94.0 cm³/mol. The highest BCUT2D eigenvalue weighted by molar-refractivity contribution is 7.89. The van der Waals surface area contributed by atoms with Crippen molar-refractivity contribution < 1.29 is 21.7 Å². The number of benzene rings is 1. The van der Waals surface area contributed by atoms with Gasteiger partial charge < -0.3 is 4.90 Å². The molecule has 0 saturated carbocycles. The third kappa shape index (κ3) is 5.52. The van der Waals surface area contributed by atoms with Gasteiger partial charge in [-0.25, -0.2) is 21.6 Å². The minimum Gasteiger partial charge on any atom is -0.340 e. The van der Waals surface area contributed by atoms with E-state index >= 15 is 0 Å². The van der Waals surface area contributed by atoms with Crippen LogP contribution >= 0.6 is 0 Å². The van der Waals surface area contributed by atoms with Crippen LogP contribution in [0, 0.1) is 0 Å². The molecule has 7 nitrogen and oxygen atoms in total. The van der Waals surface area contributed by atoms with Crippen LogP contribution in [0.1, 0.15) is 20.3 Å². The van der Waals surface area contributed by atoms with Crippen molar-refractivity contribution in [3.8, 4) is 0 Å². The molecule has 0 radical (unpaired) electrons. The summed E-state index contributed by atoms with van der Waals surface area (Å²) in [6.07, 6.45) is 0.732. The third-order valence-corrected chi connectivity index (χ3v) is 7.16. The van der Waals surface area contributed by atoms with Crippen LogP contribution < -0.4 is 9.62 Å². The number of sulfonamides is 2. The van der Waals surface area contributed by atoms with E-state index in [1.165, 1.54) is 33.5 Å². The first kappa shape index (κ1) is 21.0. The minimum absolute atomic E-state index is 0.0678. The van der Waals surface area contributed by atoms with Gasteiger partial charge in [0.25, 0.3) is 0 Å². The second-order valence-corrected chi connectivity index (χ2v) is 9.47. The van der Waals surface area contributed by atoms with E-state index in [0.717, 1.165) is 13.0 Å². The summed E-state index contributed by atoms with van der Waals surface area (Å²) in [6, 6.07) is 5.34. The molecule has 2 N–H and O–H groups in total. The van der Waals surface area contributed by atoms with Crippen LogP contribution in [0.5, 0.6) is 0 Å². The molecule has 0 spiro atoms. The Morgan fingerprint density at radius 2 is 1.46 bits per heavy atom. The molecule has 0 atom stereocenters. The molecule has 0 amide bonds. The van der Waals surface area contributed by atoms with Gasteiger partial charge in [0.05, 0.1) is 30.4 Å². The van der Waals surface area contributed by atoms with Crippen LogP contribution in [0.3, 0.4) is 0 Å². The number of hydrogen-bond donors (Lipinski definition) is 2. The average molecular weight is 379 g/mol. The van der Waals surface area contributed by atoms with Gasteiger partial charge in [-0.05, 0) is 24.3 Å². The summed E-state index contributed by atoms with van der Waals surface area (Å²) in [4.78, 5) is 1.42. The Morgan fingerprint density at radius 1 is 0.958 bits per heavy atom. The van der Waals surface area contributed by atoms with Crippen molar-refractivity contribution in [2.24, 2.45) is 0 Å². The number of nitrogens with one attached hydrogen (secondary N) is 2. The molecule has 1 rings (SSSR count). The maximum Gasteiger partial charge on any atom is 0.243 e. The Balaban J connectivity index is 2.87. The largest absolute Gasteiger partial charge is 0.340 e. The van der Waals surface area contributed by atoms with Gasteiger partial charge in [-0.2, -0.15) is 4.31 Å². The normalized spacial score (nSPS) is 12.9. The molecule has 0 aliphatic carbocycles. The fraction of sp³-hybridized carbons (Fsp3) is 0.600. The fourth-order valence-electron chi connectivity index (χ4n) is 2.24. The lowest BCUT2D eigenvalue weighted by Crippen LogP contribution is -3.05. The molecule has 0 fully saturated rings. The summed E-state index contributed by atoms with van der Waals surface area (Å²) in [7, 11) is -3.19. The first-order chi connectivity index (χ1) is 11.1. The van der Waals surface area contributed by atoms with E-state index in [1.54, 1.807) is 13.8 Å². The zero-order valence-electron chi connectivity index (χ0n) is 14.7. The smallest absolute Gasteiger partial charge is 0.243 e. The van der Waals surface area contributed by atoms with Crippen molar-refractivity contribution in [1.82, 2.24) is 9.03 Å². The second-order valence-electron chi connectivity index (χ2n) is 5.77. The van der Waals surface area contributed by atoms with E-state index in [2.05, 4.69) is 4.72 Å². The minimum atomic E-state index is -3.62. The average Bonchev–Trinajstić information content (AvgIpc) is 2.52. The molecule has 1 aromatic carbocycles. The van der Waals surface area contributed by atoms with Gasteiger partial charge in [-0.15, -0.1) is 0 Å². The lowest BCUT2D eigenvalue weighted by atomic mass is 10.4. The van der Waals surface area contributed by atoms with Crippen LogP contribution in [0.25, 0.3) is 0 Å². The Labute approximate surface area is 145 Å². The fourth-order valence-corrected chi connectivity index (χ4v) is 4.77. The molecule has 0 heterocycles. The van der Waals surface area contributed by atoms with Crippen molar-refractivity contribution >= 4 is 20.0 Å². The van der Waals surface area contributed by atoms with Gasteiger partial charge in [0.2, 0.25) is 20.0 Å². The summed E-state index contributed by atoms with van der Waals surface area (Å²) in [5.41, 5.74) is 0. The summed E-state index contributed by atoms with van der Waals surface area (Å²) in [6.45, 7) is 5.48. The molecular formula is C15H28N3O4S2+. The van der Waals surface area contributed by atoms with Gasteiger partial charge in [0.1, 0.15) is 0 Å². The first-order valence-electron chi connectivity index (χ1n) is 8.04. The lowest BCUT2D eigenvalue weighted by molar-refractivity contribution is -0.858. The number of rotatable bonds is 10. The molecule has 24 heavy (non-hydrogen) atoms. The van der Waals surface area contributed by atoms with Gasteiger partial charge in [-0.1, -0.05) is 13.8 Å². The molecule has 0 saturated heterocycles. The van der Waals surface area contributed by atoms with Crippen molar-refractivity contribution in [3.63, 3.8) is 0 Å². The van der Waals surface area contributed by atoms with Crippen LogP contribution in [-0.4, -0.2) is 61.4 Å². The molecular weight excluding hydrogens is 350 g/mol.